The molecule has 0 bridgehead atoms. The van der Waals surface area contributed by atoms with Gasteiger partial charge in [-0.1, -0.05) is 45.1 Å². The van der Waals surface area contributed by atoms with Crippen LogP contribution in [0.15, 0.2) is 12.2 Å². The van der Waals surface area contributed by atoms with Crippen LogP contribution >= 0.6 is 11.8 Å². The van der Waals surface area contributed by atoms with Gasteiger partial charge >= 0.3 is 0 Å². The van der Waals surface area contributed by atoms with E-state index >= 15 is 0 Å². The van der Waals surface area contributed by atoms with E-state index < -0.39 is 0 Å². The monoisotopic (exact) mass is 337 g/mol. The van der Waals surface area contributed by atoms with Crippen LogP contribution in [0.25, 0.3) is 0 Å². The summed E-state index contributed by atoms with van der Waals surface area (Å²) in [6.07, 6.45) is 15.4. The topological polar surface area (TPSA) is 57.9 Å². The van der Waals surface area contributed by atoms with Gasteiger partial charge < -0.3 is 4.79 Å². The maximum atomic E-state index is 11.7. The van der Waals surface area contributed by atoms with E-state index in [1.54, 1.807) is 17.8 Å². The number of rotatable bonds is 16. The first-order chi connectivity index (χ1) is 11.2. The average Bonchev–Trinajstić information content (AvgIpc) is 2.55. The standard InChI is InChI=1S/C19H31NO2S/c1-2-3-7-11-18(22)12-10-14-19(23-17-16-21)13-8-5-4-6-9-15-20/h10,12,16,19H,2-9,11,13-14,17H2,1H3. The molecule has 0 fully saturated rings. The van der Waals surface area contributed by atoms with Gasteiger partial charge in [0.25, 0.3) is 0 Å². The van der Waals surface area contributed by atoms with Gasteiger partial charge in [-0.15, -0.1) is 0 Å². The summed E-state index contributed by atoms with van der Waals surface area (Å²) in [6.45, 7) is 2.13. The Labute approximate surface area is 145 Å². The van der Waals surface area contributed by atoms with Crippen molar-refractivity contribution in [2.45, 2.75) is 82.8 Å². The minimum atomic E-state index is 0.217. The zero-order chi connectivity index (χ0) is 17.2. The Morgan fingerprint density at radius 1 is 1.17 bits per heavy atom. The second kappa shape index (κ2) is 17.3. The predicted molar refractivity (Wildman–Crippen MR) is 98.5 cm³/mol. The number of hydrogen-bond donors (Lipinski definition) is 0. The molecule has 0 amide bonds. The summed E-state index contributed by atoms with van der Waals surface area (Å²) in [6, 6.07) is 2.17. The molecule has 4 heteroatoms. The van der Waals surface area contributed by atoms with E-state index in [9.17, 15) is 9.59 Å². The third-order valence-corrected chi connectivity index (χ3v) is 4.92. The summed E-state index contributed by atoms with van der Waals surface area (Å²) in [4.78, 5) is 22.3. The van der Waals surface area contributed by atoms with Gasteiger partial charge in [0, 0.05) is 23.8 Å². The Bertz CT molecular complexity index is 374. The van der Waals surface area contributed by atoms with Crippen LogP contribution in [-0.2, 0) is 9.59 Å². The van der Waals surface area contributed by atoms with Crippen molar-refractivity contribution in [2.24, 2.45) is 0 Å². The molecule has 1 unspecified atom stereocenters. The van der Waals surface area contributed by atoms with E-state index in [0.29, 0.717) is 23.8 Å². The molecule has 0 saturated carbocycles. The first-order valence-electron chi connectivity index (χ1n) is 8.86. The maximum Gasteiger partial charge on any atom is 0.155 e. The van der Waals surface area contributed by atoms with Crippen LogP contribution in [0.5, 0.6) is 0 Å². The second-order valence-electron chi connectivity index (χ2n) is 5.79. The van der Waals surface area contributed by atoms with E-state index in [2.05, 4.69) is 13.0 Å². The molecule has 23 heavy (non-hydrogen) atoms. The molecule has 0 aliphatic heterocycles. The number of carbonyl (C=O) groups is 2. The van der Waals surface area contributed by atoms with Crippen LogP contribution < -0.4 is 0 Å². The fraction of sp³-hybridized carbons (Fsp3) is 0.737. The van der Waals surface area contributed by atoms with Crippen LogP contribution in [0, 0.1) is 11.3 Å². The highest BCUT2D eigenvalue weighted by Crippen LogP contribution is 2.21. The molecule has 130 valence electrons. The molecule has 0 aromatic rings. The molecule has 0 aromatic carbocycles. The number of carbonyl (C=O) groups excluding carboxylic acids is 2. The van der Waals surface area contributed by atoms with Crippen LogP contribution in [-0.4, -0.2) is 23.1 Å². The average molecular weight is 338 g/mol. The number of ketones is 1. The van der Waals surface area contributed by atoms with Crippen molar-refractivity contribution in [1.82, 2.24) is 0 Å². The molecule has 0 aromatic heterocycles. The third kappa shape index (κ3) is 15.6. The molecule has 0 heterocycles. The fourth-order valence-corrected chi connectivity index (χ4v) is 3.29. The van der Waals surface area contributed by atoms with Crippen molar-refractivity contribution >= 4 is 23.8 Å². The zero-order valence-corrected chi connectivity index (χ0v) is 15.3. The minimum absolute atomic E-state index is 0.217. The lowest BCUT2D eigenvalue weighted by atomic mass is 10.1. The molecule has 0 saturated heterocycles. The van der Waals surface area contributed by atoms with Crippen molar-refractivity contribution in [3.8, 4) is 6.07 Å². The van der Waals surface area contributed by atoms with Gasteiger partial charge in [0.15, 0.2) is 5.78 Å². The summed E-state index contributed by atoms with van der Waals surface area (Å²) in [5.74, 6) is 0.742. The molecule has 0 N–H and O–H groups in total. The second-order valence-corrected chi connectivity index (χ2v) is 7.13. The van der Waals surface area contributed by atoms with Crippen molar-refractivity contribution < 1.29 is 9.59 Å². The van der Waals surface area contributed by atoms with Crippen molar-refractivity contribution in [3.05, 3.63) is 12.2 Å². The first kappa shape index (κ1) is 21.9. The molecule has 0 rings (SSSR count). The third-order valence-electron chi connectivity index (χ3n) is 3.69. The Hall–Kier alpha value is -1.08. The number of nitriles is 1. The van der Waals surface area contributed by atoms with E-state index in [4.69, 9.17) is 5.26 Å². The van der Waals surface area contributed by atoms with Crippen LogP contribution in [0.2, 0.25) is 0 Å². The lowest BCUT2D eigenvalue weighted by Crippen LogP contribution is -2.04. The smallest absolute Gasteiger partial charge is 0.155 e. The molecule has 1 atom stereocenters. The summed E-state index contributed by atoms with van der Waals surface area (Å²) < 4.78 is 0. The van der Waals surface area contributed by atoms with Gasteiger partial charge in [0.2, 0.25) is 0 Å². The largest absolute Gasteiger partial charge is 0.302 e. The fourth-order valence-electron chi connectivity index (χ4n) is 2.36. The van der Waals surface area contributed by atoms with Gasteiger partial charge in [0.05, 0.1) is 6.07 Å². The lowest BCUT2D eigenvalue weighted by molar-refractivity contribution is -0.114. The number of unbranched alkanes of at least 4 members (excludes halogenated alkanes) is 6. The quantitative estimate of drug-likeness (QED) is 0.219. The molecular weight excluding hydrogens is 306 g/mol. The van der Waals surface area contributed by atoms with E-state index in [1.807, 2.05) is 6.08 Å². The van der Waals surface area contributed by atoms with E-state index in [-0.39, 0.29) is 5.78 Å². The van der Waals surface area contributed by atoms with Gasteiger partial charge in [-0.3, -0.25) is 4.79 Å². The van der Waals surface area contributed by atoms with Gasteiger partial charge in [0.1, 0.15) is 6.29 Å². The zero-order valence-electron chi connectivity index (χ0n) is 14.5. The van der Waals surface area contributed by atoms with Crippen molar-refractivity contribution in [1.29, 1.82) is 5.26 Å². The number of thioether (sulfide) groups is 1. The number of hydrogen-bond acceptors (Lipinski definition) is 4. The van der Waals surface area contributed by atoms with Gasteiger partial charge in [-0.2, -0.15) is 17.0 Å². The Morgan fingerprint density at radius 3 is 2.65 bits per heavy atom. The van der Waals surface area contributed by atoms with E-state index in [1.165, 1.54) is 0 Å². The minimum Gasteiger partial charge on any atom is -0.302 e. The van der Waals surface area contributed by atoms with Crippen molar-refractivity contribution in [3.63, 3.8) is 0 Å². The van der Waals surface area contributed by atoms with Crippen LogP contribution in [0.1, 0.15) is 77.6 Å². The van der Waals surface area contributed by atoms with Crippen LogP contribution in [0.4, 0.5) is 0 Å². The number of nitrogens with zero attached hydrogens (tertiary/aromatic N) is 1. The highest BCUT2D eigenvalue weighted by atomic mass is 32.2. The predicted octanol–water partition coefficient (Wildman–Crippen LogP) is 5.25. The highest BCUT2D eigenvalue weighted by Gasteiger charge is 2.07. The highest BCUT2D eigenvalue weighted by molar-refractivity contribution is 8.00. The van der Waals surface area contributed by atoms with Gasteiger partial charge in [-0.05, 0) is 31.8 Å². The Kier molecular flexibility index (Phi) is 16.5. The molecule has 0 spiro atoms. The molecular formula is C19H31NO2S. The summed E-state index contributed by atoms with van der Waals surface area (Å²) in [7, 11) is 0. The molecule has 3 nitrogen and oxygen atoms in total. The van der Waals surface area contributed by atoms with E-state index in [0.717, 1.165) is 64.1 Å². The van der Waals surface area contributed by atoms with Crippen molar-refractivity contribution in [2.75, 3.05) is 5.75 Å². The molecule has 0 aliphatic rings. The lowest BCUT2D eigenvalue weighted by Gasteiger charge is -2.13. The Morgan fingerprint density at radius 2 is 1.96 bits per heavy atom. The molecule has 0 radical (unpaired) electrons. The van der Waals surface area contributed by atoms with Crippen LogP contribution in [0.3, 0.4) is 0 Å². The Balaban J connectivity index is 3.96. The summed E-state index contributed by atoms with van der Waals surface area (Å²) >= 11 is 1.68. The normalized spacial score (nSPS) is 12.2. The summed E-state index contributed by atoms with van der Waals surface area (Å²) in [5.41, 5.74) is 0. The first-order valence-corrected chi connectivity index (χ1v) is 9.91. The molecule has 0 aliphatic carbocycles. The SMILES string of the molecule is CCCCCC(=O)C=CCC(CCCCCCC#N)SCC=O. The summed E-state index contributed by atoms with van der Waals surface area (Å²) in [5, 5.41) is 8.91. The van der Waals surface area contributed by atoms with Gasteiger partial charge in [-0.25, -0.2) is 0 Å². The number of allylic oxidation sites excluding steroid dienone is 2. The number of aldehydes is 1. The maximum absolute atomic E-state index is 11.7.